The number of amides is 1. The maximum atomic E-state index is 12.8. The van der Waals surface area contributed by atoms with Gasteiger partial charge in [-0.25, -0.2) is 4.98 Å². The van der Waals surface area contributed by atoms with Crippen molar-refractivity contribution in [1.82, 2.24) is 20.2 Å². The Labute approximate surface area is 145 Å². The highest BCUT2D eigenvalue weighted by atomic mass is 16.5. The van der Waals surface area contributed by atoms with Crippen LogP contribution >= 0.6 is 0 Å². The number of nitrogens with one attached hydrogen (secondary N) is 2. The van der Waals surface area contributed by atoms with Crippen LogP contribution in [0.1, 0.15) is 25.1 Å². The molecule has 0 unspecified atom stereocenters. The summed E-state index contributed by atoms with van der Waals surface area (Å²) in [6.45, 7) is 6.91. The van der Waals surface area contributed by atoms with Crippen molar-refractivity contribution in [3.05, 3.63) is 29.5 Å². The normalized spacial score (nSPS) is 16.0. The number of imidazole rings is 1. The number of aromatic nitrogens is 4. The zero-order valence-electron chi connectivity index (χ0n) is 14.8. The van der Waals surface area contributed by atoms with Crippen molar-refractivity contribution < 1.29 is 9.53 Å². The Balaban J connectivity index is 1.84. The fourth-order valence-corrected chi connectivity index (χ4v) is 3.40. The quantitative estimate of drug-likeness (QED) is 0.765. The fraction of sp³-hybridized carbons (Fsp3) is 0.389. The number of nitrogens with zero attached hydrogens (tertiary/aromatic N) is 3. The van der Waals surface area contributed by atoms with Crippen LogP contribution in [-0.4, -0.2) is 46.3 Å². The molecule has 0 bridgehead atoms. The second-order valence-corrected chi connectivity index (χ2v) is 6.98. The number of rotatable bonds is 4. The molecule has 25 heavy (non-hydrogen) atoms. The first-order valence-electron chi connectivity index (χ1n) is 8.29. The van der Waals surface area contributed by atoms with Gasteiger partial charge >= 0.3 is 0 Å². The second kappa shape index (κ2) is 5.42. The number of anilines is 1. The third-order valence-electron chi connectivity index (χ3n) is 4.81. The van der Waals surface area contributed by atoms with Crippen LogP contribution in [0.3, 0.4) is 0 Å². The van der Waals surface area contributed by atoms with Crippen molar-refractivity contribution in [2.24, 2.45) is 0 Å². The lowest BCUT2D eigenvalue weighted by atomic mass is 9.86. The average Bonchev–Trinajstić information content (AvgIpc) is 3.23. The van der Waals surface area contributed by atoms with Crippen LogP contribution in [0.15, 0.2) is 18.2 Å². The van der Waals surface area contributed by atoms with Gasteiger partial charge in [0.2, 0.25) is 5.91 Å². The number of benzene rings is 1. The lowest BCUT2D eigenvalue weighted by Gasteiger charge is -2.19. The molecule has 2 N–H and O–H groups in total. The summed E-state index contributed by atoms with van der Waals surface area (Å²) in [7, 11) is 1.64. The summed E-state index contributed by atoms with van der Waals surface area (Å²) >= 11 is 0. The molecule has 3 heterocycles. The first kappa shape index (κ1) is 15.8. The monoisotopic (exact) mass is 339 g/mol. The number of carbonyl (C=O) groups excluding carboxylic acids is 1. The third kappa shape index (κ3) is 2.34. The number of aryl methyl sites for hydroxylation is 1. The summed E-state index contributed by atoms with van der Waals surface area (Å²) in [5, 5.41) is 7.19. The van der Waals surface area contributed by atoms with Gasteiger partial charge in [-0.05, 0) is 44.5 Å². The van der Waals surface area contributed by atoms with Gasteiger partial charge in [-0.1, -0.05) is 0 Å². The Hall–Kier alpha value is -2.67. The van der Waals surface area contributed by atoms with E-state index in [0.717, 1.165) is 39.5 Å². The number of aromatic amines is 2. The number of hydrogen-bond acceptors (Lipinski definition) is 4. The van der Waals surface area contributed by atoms with Crippen LogP contribution in [0, 0.1) is 6.92 Å². The number of fused-ring (bicyclic) bond motifs is 2. The van der Waals surface area contributed by atoms with Crippen LogP contribution in [-0.2, 0) is 14.9 Å². The molecule has 1 aliphatic rings. The van der Waals surface area contributed by atoms with E-state index in [2.05, 4.69) is 20.2 Å². The zero-order chi connectivity index (χ0) is 17.8. The van der Waals surface area contributed by atoms with E-state index in [-0.39, 0.29) is 5.91 Å². The molecule has 2 aromatic heterocycles. The molecule has 7 nitrogen and oxygen atoms in total. The van der Waals surface area contributed by atoms with Gasteiger partial charge in [0, 0.05) is 19.3 Å². The highest BCUT2D eigenvalue weighted by Gasteiger charge is 2.44. The minimum atomic E-state index is -0.564. The first-order chi connectivity index (χ1) is 11.9. The zero-order valence-corrected chi connectivity index (χ0v) is 14.8. The Morgan fingerprint density at radius 2 is 2.08 bits per heavy atom. The van der Waals surface area contributed by atoms with Gasteiger partial charge in [-0.15, -0.1) is 0 Å². The van der Waals surface area contributed by atoms with Gasteiger partial charge in [-0.3, -0.25) is 9.89 Å². The number of methoxy groups -OCH3 is 1. The third-order valence-corrected chi connectivity index (χ3v) is 4.81. The molecule has 0 radical (unpaired) electrons. The SMILES string of the molecule is COCCN1C(=O)C(C)(C)c2cc3[nH]c(-c4cc(C)[nH]n4)nc3cc21. The van der Waals surface area contributed by atoms with Crippen LogP contribution in [0.25, 0.3) is 22.6 Å². The number of carbonyl (C=O) groups is 1. The van der Waals surface area contributed by atoms with E-state index in [1.807, 2.05) is 39.0 Å². The fourth-order valence-electron chi connectivity index (χ4n) is 3.40. The molecule has 1 aliphatic heterocycles. The Morgan fingerprint density at radius 1 is 1.28 bits per heavy atom. The van der Waals surface area contributed by atoms with Crippen LogP contribution < -0.4 is 4.90 Å². The van der Waals surface area contributed by atoms with Gasteiger partial charge < -0.3 is 14.6 Å². The molecule has 7 heteroatoms. The molecule has 0 saturated heterocycles. The molecule has 1 aromatic carbocycles. The van der Waals surface area contributed by atoms with E-state index in [1.54, 1.807) is 12.0 Å². The van der Waals surface area contributed by atoms with Crippen molar-refractivity contribution in [3.63, 3.8) is 0 Å². The molecular formula is C18H21N5O2. The van der Waals surface area contributed by atoms with E-state index < -0.39 is 5.41 Å². The van der Waals surface area contributed by atoms with Crippen LogP contribution in [0.2, 0.25) is 0 Å². The average molecular weight is 339 g/mol. The number of hydrogen-bond donors (Lipinski definition) is 2. The topological polar surface area (TPSA) is 86.9 Å². The molecule has 0 atom stereocenters. The van der Waals surface area contributed by atoms with E-state index in [0.29, 0.717) is 13.2 Å². The minimum Gasteiger partial charge on any atom is -0.383 e. The van der Waals surface area contributed by atoms with Crippen molar-refractivity contribution >= 4 is 22.6 Å². The van der Waals surface area contributed by atoms with E-state index in [4.69, 9.17) is 4.74 Å². The molecule has 3 aromatic rings. The van der Waals surface area contributed by atoms with Gasteiger partial charge in [0.1, 0.15) is 5.69 Å². The molecule has 0 saturated carbocycles. The largest absolute Gasteiger partial charge is 0.383 e. The molecule has 0 aliphatic carbocycles. The van der Waals surface area contributed by atoms with Crippen molar-refractivity contribution in [2.75, 3.05) is 25.2 Å². The Kier molecular flexibility index (Phi) is 3.43. The summed E-state index contributed by atoms with van der Waals surface area (Å²) in [6.07, 6.45) is 0. The van der Waals surface area contributed by atoms with Gasteiger partial charge in [0.25, 0.3) is 0 Å². The molecule has 0 spiro atoms. The molecule has 0 fully saturated rings. The standard InChI is InChI=1S/C18H21N5O2/c1-10-7-14(22-21-10)16-19-12-8-11-15(9-13(12)20-16)23(5-6-25-4)17(24)18(11,2)3/h7-9H,5-6H2,1-4H3,(H,19,20)(H,21,22). The first-order valence-corrected chi connectivity index (χ1v) is 8.29. The molecule has 1 amide bonds. The van der Waals surface area contributed by atoms with Crippen LogP contribution in [0.5, 0.6) is 0 Å². The van der Waals surface area contributed by atoms with E-state index >= 15 is 0 Å². The Bertz CT molecular complexity index is 969. The predicted octanol–water partition coefficient (Wildman–Crippen LogP) is 2.53. The smallest absolute Gasteiger partial charge is 0.237 e. The van der Waals surface area contributed by atoms with Crippen molar-refractivity contribution in [1.29, 1.82) is 0 Å². The van der Waals surface area contributed by atoms with Gasteiger partial charge in [-0.2, -0.15) is 5.10 Å². The lowest BCUT2D eigenvalue weighted by Crippen LogP contribution is -2.37. The maximum Gasteiger partial charge on any atom is 0.237 e. The molecule has 4 rings (SSSR count). The summed E-state index contributed by atoms with van der Waals surface area (Å²) in [4.78, 5) is 22.6. The maximum absolute atomic E-state index is 12.8. The highest BCUT2D eigenvalue weighted by molar-refractivity contribution is 6.09. The number of ether oxygens (including phenoxy) is 1. The summed E-state index contributed by atoms with van der Waals surface area (Å²) < 4.78 is 5.16. The van der Waals surface area contributed by atoms with Crippen molar-refractivity contribution in [2.45, 2.75) is 26.2 Å². The lowest BCUT2D eigenvalue weighted by molar-refractivity contribution is -0.122. The van der Waals surface area contributed by atoms with E-state index in [1.165, 1.54) is 0 Å². The van der Waals surface area contributed by atoms with Crippen LogP contribution in [0.4, 0.5) is 5.69 Å². The van der Waals surface area contributed by atoms with Gasteiger partial charge in [0.05, 0.1) is 28.7 Å². The van der Waals surface area contributed by atoms with Gasteiger partial charge in [0.15, 0.2) is 5.82 Å². The van der Waals surface area contributed by atoms with E-state index in [9.17, 15) is 4.79 Å². The number of H-pyrrole nitrogens is 2. The summed E-state index contributed by atoms with van der Waals surface area (Å²) in [5.74, 6) is 0.811. The second-order valence-electron chi connectivity index (χ2n) is 6.98. The summed E-state index contributed by atoms with van der Waals surface area (Å²) in [5.41, 5.74) is 4.85. The molecular weight excluding hydrogens is 318 g/mol. The minimum absolute atomic E-state index is 0.0929. The summed E-state index contributed by atoms with van der Waals surface area (Å²) in [6, 6.07) is 5.96. The molecule has 130 valence electrons. The van der Waals surface area contributed by atoms with Crippen molar-refractivity contribution in [3.8, 4) is 11.5 Å². The predicted molar refractivity (Wildman–Crippen MR) is 95.7 cm³/mol. The Morgan fingerprint density at radius 3 is 2.76 bits per heavy atom. The highest BCUT2D eigenvalue weighted by Crippen LogP contribution is 2.43.